The highest BCUT2D eigenvalue weighted by atomic mass is 127. The monoisotopic (exact) mass is 469 g/mol. The van der Waals surface area contributed by atoms with Gasteiger partial charge in [0.25, 0.3) is 0 Å². The Hall–Kier alpha value is -1.96. The molecule has 0 aromatic heterocycles. The molecule has 0 fully saturated rings. The van der Waals surface area contributed by atoms with Gasteiger partial charge in [-0.2, -0.15) is 0 Å². The summed E-state index contributed by atoms with van der Waals surface area (Å²) >= 11 is 0. The van der Waals surface area contributed by atoms with Crippen molar-refractivity contribution in [1.29, 1.82) is 0 Å². The van der Waals surface area contributed by atoms with Crippen LogP contribution < -0.4 is 20.1 Å². The molecule has 2 aromatic rings. The van der Waals surface area contributed by atoms with E-state index in [1.165, 1.54) is 5.56 Å². The summed E-state index contributed by atoms with van der Waals surface area (Å²) in [4.78, 5) is 4.26. The van der Waals surface area contributed by atoms with E-state index in [0.29, 0.717) is 13.1 Å². The van der Waals surface area contributed by atoms with E-state index in [-0.39, 0.29) is 30.1 Å². The highest BCUT2D eigenvalue weighted by molar-refractivity contribution is 14.0. The van der Waals surface area contributed by atoms with Crippen molar-refractivity contribution >= 4 is 29.9 Å². The van der Waals surface area contributed by atoms with Gasteiger partial charge in [0, 0.05) is 20.1 Å². The van der Waals surface area contributed by atoms with Crippen molar-refractivity contribution in [1.82, 2.24) is 10.6 Å². The van der Waals surface area contributed by atoms with E-state index in [2.05, 4.69) is 33.8 Å². The number of benzene rings is 2. The molecule has 0 spiro atoms. The number of nitrogens with one attached hydrogen (secondary N) is 2. The molecule has 0 atom stereocenters. The van der Waals surface area contributed by atoms with Crippen LogP contribution in [0.4, 0.5) is 0 Å². The van der Waals surface area contributed by atoms with Gasteiger partial charge in [0.2, 0.25) is 0 Å². The fraction of sp³-hybridized carbons (Fsp3) is 0.350. The molecule has 26 heavy (non-hydrogen) atoms. The maximum atomic E-state index is 5.66. The van der Waals surface area contributed by atoms with Crippen molar-refractivity contribution < 1.29 is 9.47 Å². The molecule has 6 heteroatoms. The van der Waals surface area contributed by atoms with Crippen molar-refractivity contribution in [2.45, 2.75) is 33.0 Å². The second kappa shape index (κ2) is 11.6. The van der Waals surface area contributed by atoms with Crippen LogP contribution in [0.2, 0.25) is 0 Å². The molecule has 2 aromatic carbocycles. The number of ether oxygens (including phenoxy) is 2. The Balaban J connectivity index is 0.00000338. The fourth-order valence-electron chi connectivity index (χ4n) is 2.33. The minimum absolute atomic E-state index is 0. The zero-order chi connectivity index (χ0) is 18.1. The van der Waals surface area contributed by atoms with Crippen molar-refractivity contribution in [3.05, 3.63) is 59.7 Å². The van der Waals surface area contributed by atoms with Crippen molar-refractivity contribution in [3.8, 4) is 11.5 Å². The van der Waals surface area contributed by atoms with E-state index in [1.54, 1.807) is 14.2 Å². The summed E-state index contributed by atoms with van der Waals surface area (Å²) in [6, 6.07) is 16.1. The Morgan fingerprint density at radius 3 is 2.19 bits per heavy atom. The van der Waals surface area contributed by atoms with Crippen molar-refractivity contribution in [2.75, 3.05) is 14.2 Å². The first kappa shape index (κ1) is 22.1. The standard InChI is InChI=1S/C20H27N3O2.HI/c1-15(2)25-18-10-8-16(9-11-18)13-22-20(21-3)23-14-17-6-5-7-19(12-17)24-4;/h5-12,15H,13-14H2,1-4H3,(H2,21,22,23);1H. The summed E-state index contributed by atoms with van der Waals surface area (Å²) in [6.07, 6.45) is 0.184. The van der Waals surface area contributed by atoms with E-state index in [9.17, 15) is 0 Å². The van der Waals surface area contributed by atoms with Gasteiger partial charge in [-0.05, 0) is 49.2 Å². The number of guanidine groups is 1. The molecule has 0 unspecified atom stereocenters. The van der Waals surface area contributed by atoms with Gasteiger partial charge in [0.1, 0.15) is 11.5 Å². The van der Waals surface area contributed by atoms with Crippen molar-refractivity contribution in [2.24, 2.45) is 4.99 Å². The van der Waals surface area contributed by atoms with Crippen LogP contribution in [-0.2, 0) is 13.1 Å². The maximum Gasteiger partial charge on any atom is 0.191 e. The topological polar surface area (TPSA) is 54.9 Å². The second-order valence-corrected chi connectivity index (χ2v) is 5.94. The molecule has 0 amide bonds. The van der Waals surface area contributed by atoms with Crippen LogP contribution in [0.15, 0.2) is 53.5 Å². The van der Waals surface area contributed by atoms with Gasteiger partial charge in [0.05, 0.1) is 13.2 Å². The van der Waals surface area contributed by atoms with Crippen LogP contribution in [0.1, 0.15) is 25.0 Å². The molecule has 0 aliphatic heterocycles. The van der Waals surface area contributed by atoms with Gasteiger partial charge in [0.15, 0.2) is 5.96 Å². The first-order valence-corrected chi connectivity index (χ1v) is 8.43. The highest BCUT2D eigenvalue weighted by Crippen LogP contribution is 2.14. The zero-order valence-corrected chi connectivity index (χ0v) is 18.1. The third-order valence-corrected chi connectivity index (χ3v) is 3.57. The summed E-state index contributed by atoms with van der Waals surface area (Å²) in [5.41, 5.74) is 2.30. The zero-order valence-electron chi connectivity index (χ0n) is 15.8. The third kappa shape index (κ3) is 7.51. The maximum absolute atomic E-state index is 5.66. The number of rotatable bonds is 7. The molecule has 0 aliphatic carbocycles. The Bertz CT molecular complexity index is 688. The van der Waals surface area contributed by atoms with E-state index in [0.717, 1.165) is 23.0 Å². The minimum atomic E-state index is 0. The lowest BCUT2D eigenvalue weighted by Crippen LogP contribution is -2.36. The number of hydrogen-bond donors (Lipinski definition) is 2. The SMILES string of the molecule is CN=C(NCc1ccc(OC(C)C)cc1)NCc1cccc(OC)c1.I. The summed E-state index contributed by atoms with van der Waals surface area (Å²) in [7, 11) is 3.44. The molecule has 0 radical (unpaired) electrons. The van der Waals surface area contributed by atoms with Gasteiger partial charge in [-0.3, -0.25) is 4.99 Å². The van der Waals surface area contributed by atoms with E-state index >= 15 is 0 Å². The van der Waals surface area contributed by atoms with Crippen molar-refractivity contribution in [3.63, 3.8) is 0 Å². The number of nitrogens with zero attached hydrogens (tertiary/aromatic N) is 1. The third-order valence-electron chi connectivity index (χ3n) is 3.57. The quantitative estimate of drug-likeness (QED) is 0.366. The second-order valence-electron chi connectivity index (χ2n) is 5.94. The van der Waals surface area contributed by atoms with Crippen LogP contribution in [0, 0.1) is 0 Å². The number of methoxy groups -OCH3 is 1. The van der Waals surface area contributed by atoms with Crippen LogP contribution in [0.25, 0.3) is 0 Å². The molecule has 142 valence electrons. The molecular formula is C20H28IN3O2. The van der Waals surface area contributed by atoms with Gasteiger partial charge in [-0.1, -0.05) is 24.3 Å². The van der Waals surface area contributed by atoms with Gasteiger partial charge < -0.3 is 20.1 Å². The Morgan fingerprint density at radius 1 is 0.962 bits per heavy atom. The average Bonchev–Trinajstić information content (AvgIpc) is 2.63. The van der Waals surface area contributed by atoms with Crippen LogP contribution in [-0.4, -0.2) is 26.2 Å². The van der Waals surface area contributed by atoms with Crippen LogP contribution >= 0.6 is 24.0 Å². The molecule has 0 bridgehead atoms. The Labute approximate surface area is 173 Å². The molecule has 0 heterocycles. The van der Waals surface area contributed by atoms with E-state index in [1.807, 2.05) is 44.2 Å². The Morgan fingerprint density at radius 2 is 1.62 bits per heavy atom. The van der Waals surface area contributed by atoms with E-state index in [4.69, 9.17) is 9.47 Å². The summed E-state index contributed by atoms with van der Waals surface area (Å²) < 4.78 is 10.9. The molecular weight excluding hydrogens is 441 g/mol. The molecule has 0 aliphatic rings. The molecule has 2 rings (SSSR count). The lowest BCUT2D eigenvalue weighted by molar-refractivity contribution is 0.242. The summed E-state index contributed by atoms with van der Waals surface area (Å²) in [5, 5.41) is 6.62. The first-order valence-electron chi connectivity index (χ1n) is 8.43. The smallest absolute Gasteiger partial charge is 0.191 e. The number of aliphatic imine (C=N–C) groups is 1. The lowest BCUT2D eigenvalue weighted by atomic mass is 10.2. The minimum Gasteiger partial charge on any atom is -0.497 e. The molecule has 5 nitrogen and oxygen atoms in total. The van der Waals surface area contributed by atoms with Gasteiger partial charge in [-0.15, -0.1) is 24.0 Å². The molecule has 0 saturated heterocycles. The first-order chi connectivity index (χ1) is 12.1. The lowest BCUT2D eigenvalue weighted by Gasteiger charge is -2.13. The predicted octanol–water partition coefficient (Wildman–Crippen LogP) is 3.97. The van der Waals surface area contributed by atoms with E-state index < -0.39 is 0 Å². The van der Waals surface area contributed by atoms with Gasteiger partial charge in [-0.25, -0.2) is 0 Å². The number of hydrogen-bond acceptors (Lipinski definition) is 3. The largest absolute Gasteiger partial charge is 0.497 e. The molecule has 0 saturated carbocycles. The summed E-state index contributed by atoms with van der Waals surface area (Å²) in [6.45, 7) is 5.42. The number of halogens is 1. The fourth-order valence-corrected chi connectivity index (χ4v) is 2.33. The summed E-state index contributed by atoms with van der Waals surface area (Å²) in [5.74, 6) is 2.50. The van der Waals surface area contributed by atoms with Crippen LogP contribution in [0.5, 0.6) is 11.5 Å². The normalized spacial score (nSPS) is 10.9. The Kier molecular flexibility index (Phi) is 9.87. The van der Waals surface area contributed by atoms with Gasteiger partial charge >= 0.3 is 0 Å². The highest BCUT2D eigenvalue weighted by Gasteiger charge is 2.02. The molecule has 2 N–H and O–H groups in total. The van der Waals surface area contributed by atoms with Crippen LogP contribution in [0.3, 0.4) is 0 Å². The average molecular weight is 469 g/mol. The predicted molar refractivity (Wildman–Crippen MR) is 118 cm³/mol.